The molecule has 6 aliphatic rings. The van der Waals surface area contributed by atoms with Crippen LogP contribution in [0.3, 0.4) is 0 Å². The van der Waals surface area contributed by atoms with Crippen LogP contribution in [-0.4, -0.2) is 23.1 Å². The van der Waals surface area contributed by atoms with Gasteiger partial charge >= 0.3 is 0 Å². The van der Waals surface area contributed by atoms with E-state index in [0.717, 1.165) is 61.2 Å². The SMILES string of the molecule is C=C[C@H]1CC2=C/C(=N/O)CC[C@@H]2C2CC[C@@]3(CC)C(C21)[C@H]1C[C@H]1[C@@]31C=CCO1. The summed E-state index contributed by atoms with van der Waals surface area (Å²) in [4.78, 5) is 0. The lowest BCUT2D eigenvalue weighted by molar-refractivity contribution is -0.148. The summed E-state index contributed by atoms with van der Waals surface area (Å²) in [5, 5.41) is 12.8. The molecule has 0 amide bonds. The van der Waals surface area contributed by atoms with Crippen LogP contribution in [0.15, 0.2) is 41.6 Å². The summed E-state index contributed by atoms with van der Waals surface area (Å²) in [6, 6.07) is 0. The molecule has 0 radical (unpaired) electrons. The van der Waals surface area contributed by atoms with Gasteiger partial charge in [0.1, 0.15) is 0 Å². The van der Waals surface area contributed by atoms with Crippen LogP contribution in [0.2, 0.25) is 0 Å². The number of oxime groups is 1. The van der Waals surface area contributed by atoms with Crippen molar-refractivity contribution >= 4 is 5.71 Å². The number of fused-ring (bicyclic) bond motifs is 9. The molecule has 4 fully saturated rings. The van der Waals surface area contributed by atoms with Gasteiger partial charge in [-0.05, 0) is 92.4 Å². The number of nitrogens with zero attached hydrogens (tertiary/aromatic N) is 1. The van der Waals surface area contributed by atoms with E-state index in [0.29, 0.717) is 17.3 Å². The molecule has 3 heteroatoms. The van der Waals surface area contributed by atoms with Gasteiger partial charge in [-0.3, -0.25) is 0 Å². The van der Waals surface area contributed by atoms with Crippen molar-refractivity contribution in [1.82, 2.24) is 0 Å². The Morgan fingerprint density at radius 1 is 1.36 bits per heavy atom. The summed E-state index contributed by atoms with van der Waals surface area (Å²) in [6.07, 6.45) is 17.7. The highest BCUT2D eigenvalue weighted by Crippen LogP contribution is 2.79. The Labute approximate surface area is 168 Å². The van der Waals surface area contributed by atoms with E-state index >= 15 is 0 Å². The summed E-state index contributed by atoms with van der Waals surface area (Å²) in [6.45, 7) is 7.53. The van der Waals surface area contributed by atoms with E-state index in [1.54, 1.807) is 0 Å². The normalized spacial score (nSPS) is 54.7. The average molecular weight is 380 g/mol. The molecule has 0 bridgehead atoms. The molecular weight excluding hydrogens is 346 g/mol. The monoisotopic (exact) mass is 379 g/mol. The lowest BCUT2D eigenvalue weighted by atomic mass is 9.46. The van der Waals surface area contributed by atoms with Crippen LogP contribution in [0, 0.1) is 46.8 Å². The van der Waals surface area contributed by atoms with E-state index in [2.05, 4.69) is 43.0 Å². The van der Waals surface area contributed by atoms with Crippen molar-refractivity contribution in [1.29, 1.82) is 0 Å². The van der Waals surface area contributed by atoms with Crippen LogP contribution in [0.4, 0.5) is 0 Å². The molecule has 3 nitrogen and oxygen atoms in total. The van der Waals surface area contributed by atoms with Crippen molar-refractivity contribution < 1.29 is 9.94 Å². The van der Waals surface area contributed by atoms with E-state index in [-0.39, 0.29) is 5.60 Å². The van der Waals surface area contributed by atoms with Gasteiger partial charge in [0.05, 0.1) is 17.9 Å². The predicted molar refractivity (Wildman–Crippen MR) is 110 cm³/mol. The van der Waals surface area contributed by atoms with E-state index in [4.69, 9.17) is 4.74 Å². The summed E-state index contributed by atoms with van der Waals surface area (Å²) in [5.41, 5.74) is 2.78. The first kappa shape index (κ1) is 17.5. The Kier molecular flexibility index (Phi) is 3.65. The van der Waals surface area contributed by atoms with Gasteiger partial charge in [0.15, 0.2) is 0 Å². The van der Waals surface area contributed by atoms with Gasteiger partial charge in [0.2, 0.25) is 0 Å². The van der Waals surface area contributed by atoms with Crippen LogP contribution >= 0.6 is 0 Å². The molecule has 0 aromatic heterocycles. The zero-order valence-corrected chi connectivity index (χ0v) is 17.0. The Morgan fingerprint density at radius 2 is 2.25 bits per heavy atom. The van der Waals surface area contributed by atoms with Crippen molar-refractivity contribution in [3.8, 4) is 0 Å². The van der Waals surface area contributed by atoms with E-state index in [1.165, 1.54) is 31.3 Å². The molecule has 0 saturated heterocycles. The minimum absolute atomic E-state index is 0.0349. The lowest BCUT2D eigenvalue weighted by Crippen LogP contribution is -2.57. The van der Waals surface area contributed by atoms with E-state index in [9.17, 15) is 5.21 Å². The summed E-state index contributed by atoms with van der Waals surface area (Å²) in [7, 11) is 0. The fraction of sp³-hybridized carbons (Fsp3) is 0.720. The molecule has 1 spiro atoms. The number of hydrogen-bond donors (Lipinski definition) is 1. The summed E-state index contributed by atoms with van der Waals surface area (Å²) >= 11 is 0. The van der Waals surface area contributed by atoms with Crippen LogP contribution in [-0.2, 0) is 4.74 Å². The maximum atomic E-state index is 9.29. The molecule has 4 saturated carbocycles. The fourth-order valence-corrected chi connectivity index (χ4v) is 9.09. The highest BCUT2D eigenvalue weighted by atomic mass is 16.5. The third-order valence-electron chi connectivity index (χ3n) is 9.97. The van der Waals surface area contributed by atoms with Gasteiger partial charge in [0.25, 0.3) is 0 Å². The zero-order valence-electron chi connectivity index (χ0n) is 17.0. The number of hydrogen-bond acceptors (Lipinski definition) is 3. The predicted octanol–water partition coefficient (Wildman–Crippen LogP) is 5.37. The molecule has 150 valence electrons. The molecular formula is C25H33NO2. The molecule has 9 atom stereocenters. The van der Waals surface area contributed by atoms with Crippen LogP contribution in [0.1, 0.15) is 51.9 Å². The first-order valence-electron chi connectivity index (χ1n) is 11.5. The van der Waals surface area contributed by atoms with Crippen molar-refractivity contribution in [2.24, 2.45) is 52.0 Å². The molecule has 1 aliphatic heterocycles. The summed E-state index contributed by atoms with van der Waals surface area (Å²) in [5.74, 6) is 5.20. The average Bonchev–Trinajstić information content (AvgIpc) is 3.31. The highest BCUT2D eigenvalue weighted by molar-refractivity contribution is 5.96. The van der Waals surface area contributed by atoms with Gasteiger partial charge in [-0.1, -0.05) is 35.9 Å². The van der Waals surface area contributed by atoms with Gasteiger partial charge in [-0.2, -0.15) is 0 Å². The third-order valence-corrected chi connectivity index (χ3v) is 9.97. The minimum Gasteiger partial charge on any atom is -0.411 e. The molecule has 28 heavy (non-hydrogen) atoms. The maximum absolute atomic E-state index is 9.29. The second-order valence-corrected chi connectivity index (χ2v) is 10.4. The quantitative estimate of drug-likeness (QED) is 0.398. The second-order valence-electron chi connectivity index (χ2n) is 10.4. The molecule has 5 aliphatic carbocycles. The smallest absolute Gasteiger partial charge is 0.0957 e. The molecule has 1 N–H and O–H groups in total. The van der Waals surface area contributed by atoms with Crippen molar-refractivity contribution in [2.75, 3.05) is 6.61 Å². The van der Waals surface area contributed by atoms with Crippen LogP contribution in [0.25, 0.3) is 0 Å². The number of allylic oxidation sites excluding steroid dienone is 3. The topological polar surface area (TPSA) is 41.8 Å². The van der Waals surface area contributed by atoms with Crippen molar-refractivity contribution in [2.45, 2.75) is 57.5 Å². The molecule has 1 heterocycles. The Morgan fingerprint density at radius 3 is 2.96 bits per heavy atom. The standard InChI is InChI=1S/C25H33NO2/c1-3-15-12-16-13-17(26-27)6-7-18(16)19-8-10-24(4-2)23(22(15)19)20-14-21(20)25(24)9-5-11-28-25/h3,5,9,13,15,18-23,27H,1,4,6-8,10-12,14H2,2H3/b26-17+/t15-,18-,19?,20-,21+,22?,23?,24-,25-/m0/s1. The zero-order chi connectivity index (χ0) is 19.1. The molecule has 3 unspecified atom stereocenters. The fourth-order valence-electron chi connectivity index (χ4n) is 9.09. The van der Waals surface area contributed by atoms with Gasteiger partial charge in [-0.25, -0.2) is 0 Å². The number of rotatable bonds is 2. The van der Waals surface area contributed by atoms with Crippen LogP contribution in [0.5, 0.6) is 0 Å². The minimum atomic E-state index is 0.0349. The van der Waals surface area contributed by atoms with Crippen LogP contribution < -0.4 is 0 Å². The molecule has 6 rings (SSSR count). The first-order chi connectivity index (χ1) is 13.7. The highest BCUT2D eigenvalue weighted by Gasteiger charge is 2.77. The molecule has 0 aromatic rings. The first-order valence-corrected chi connectivity index (χ1v) is 11.5. The van der Waals surface area contributed by atoms with E-state index in [1.807, 2.05) is 0 Å². The second kappa shape index (κ2) is 5.84. The third kappa shape index (κ3) is 1.92. The van der Waals surface area contributed by atoms with Gasteiger partial charge in [0, 0.05) is 5.41 Å². The van der Waals surface area contributed by atoms with E-state index < -0.39 is 0 Å². The largest absolute Gasteiger partial charge is 0.411 e. The Hall–Kier alpha value is -1.35. The van der Waals surface area contributed by atoms with Gasteiger partial charge in [-0.15, -0.1) is 6.58 Å². The van der Waals surface area contributed by atoms with Gasteiger partial charge < -0.3 is 9.94 Å². The molecule has 0 aromatic carbocycles. The maximum Gasteiger partial charge on any atom is 0.0957 e. The summed E-state index contributed by atoms with van der Waals surface area (Å²) < 4.78 is 6.61. The Bertz CT molecular complexity index is 796. The number of ether oxygens (including phenoxy) is 1. The lowest BCUT2D eigenvalue weighted by Gasteiger charge is -2.60. The van der Waals surface area contributed by atoms with Crippen molar-refractivity contribution in [3.05, 3.63) is 36.5 Å². The Balaban J connectivity index is 1.43. The van der Waals surface area contributed by atoms with Crippen molar-refractivity contribution in [3.63, 3.8) is 0 Å².